The molecule has 0 nitrogen and oxygen atoms in total. The molecule has 0 aliphatic carbocycles. The van der Waals surface area contributed by atoms with E-state index < -0.39 is 20.1 Å². The van der Waals surface area contributed by atoms with Crippen molar-refractivity contribution in [2.45, 2.75) is 26.2 Å². The first-order valence-electron chi connectivity index (χ1n) is 3.32. The molecule has 0 rings (SSSR count). The van der Waals surface area contributed by atoms with Crippen molar-refractivity contribution < 1.29 is 0 Å². The Morgan fingerprint density at radius 3 is 0.786 bits per heavy atom. The molecule has 0 unspecified atom stereocenters. The summed E-state index contributed by atoms with van der Waals surface area (Å²) in [7, 11) is -0.935. The fraction of sp³-hybridized carbons (Fsp3) is 1.00. The first-order chi connectivity index (χ1) is 5.73. The van der Waals surface area contributed by atoms with Gasteiger partial charge in [0.25, 0.3) is 7.42 Å². The standard InChI is InChI=1S/C2H6Cl2Si.CH3Cl3Si.CH3Cl2Si/c2*1-5(2,3)4;1-4(2)3/h1-2H3;1H3;1H3. The van der Waals surface area contributed by atoms with Gasteiger partial charge in [0.15, 0.2) is 0 Å². The highest BCUT2D eigenvalue weighted by atomic mass is 35.8. The van der Waals surface area contributed by atoms with Crippen LogP contribution in [0.5, 0.6) is 0 Å². The van der Waals surface area contributed by atoms with Gasteiger partial charge in [-0.15, -0.1) is 77.6 Å². The molecule has 0 spiro atoms. The molecule has 0 saturated heterocycles. The van der Waals surface area contributed by atoms with E-state index in [1.807, 2.05) is 13.1 Å². The number of rotatable bonds is 0. The summed E-state index contributed by atoms with van der Waals surface area (Å²) in [6, 6.07) is -2.19. The van der Waals surface area contributed by atoms with Crippen molar-refractivity contribution in [2.24, 2.45) is 0 Å². The maximum Gasteiger partial charge on any atom is 0.338 e. The minimum absolute atomic E-state index is 0.935. The van der Waals surface area contributed by atoms with Gasteiger partial charge in [0, 0.05) is 0 Å². The average molecular weight is 393 g/mol. The Kier molecular flexibility index (Phi) is 16.9. The molecule has 0 aromatic rings. The minimum Gasteiger partial charge on any atom is -0.147 e. The molecule has 0 heterocycles. The first kappa shape index (κ1) is 21.9. The van der Waals surface area contributed by atoms with E-state index in [1.54, 1.807) is 13.1 Å². The highest BCUT2D eigenvalue weighted by molar-refractivity contribution is 7.64. The van der Waals surface area contributed by atoms with Gasteiger partial charge < -0.3 is 0 Å². The van der Waals surface area contributed by atoms with Gasteiger partial charge in [-0.25, -0.2) is 0 Å². The number of hydrogen-bond donors (Lipinski definition) is 0. The summed E-state index contributed by atoms with van der Waals surface area (Å²) in [6.45, 7) is 5.47. The van der Waals surface area contributed by atoms with E-state index in [1.165, 1.54) is 0 Å². The van der Waals surface area contributed by atoms with Gasteiger partial charge in [-0.05, 0) is 26.2 Å². The van der Waals surface area contributed by atoms with E-state index in [-0.39, 0.29) is 0 Å². The fourth-order valence-corrected chi connectivity index (χ4v) is 0. The zero-order valence-electron chi connectivity index (χ0n) is 8.15. The second-order valence-electron chi connectivity index (χ2n) is 2.56. The quantitative estimate of drug-likeness (QED) is 0.349. The predicted molar refractivity (Wildman–Crippen MR) is 81.7 cm³/mol. The molecule has 0 atom stereocenters. The summed E-state index contributed by atoms with van der Waals surface area (Å²) in [5, 5.41) is 0. The zero-order valence-corrected chi connectivity index (χ0v) is 16.4. The Morgan fingerprint density at radius 1 is 0.786 bits per heavy atom. The van der Waals surface area contributed by atoms with Gasteiger partial charge in [0.2, 0.25) is 6.69 Å². The lowest BCUT2D eigenvalue weighted by molar-refractivity contribution is 2.06. The van der Waals surface area contributed by atoms with Crippen LogP contribution in [0.15, 0.2) is 0 Å². The lowest BCUT2D eigenvalue weighted by Crippen LogP contribution is -2.02. The molecule has 0 bridgehead atoms. The first-order valence-corrected chi connectivity index (χ1v) is 17.9. The second kappa shape index (κ2) is 10.8. The summed E-state index contributed by atoms with van der Waals surface area (Å²) in [6.07, 6.45) is 0. The summed E-state index contributed by atoms with van der Waals surface area (Å²) < 4.78 is 0. The van der Waals surface area contributed by atoms with E-state index in [0.717, 1.165) is 0 Å². The van der Waals surface area contributed by atoms with E-state index >= 15 is 0 Å². The van der Waals surface area contributed by atoms with Crippen molar-refractivity contribution in [1.29, 1.82) is 0 Å². The fourth-order valence-electron chi connectivity index (χ4n) is 0. The van der Waals surface area contributed by atoms with Gasteiger partial charge in [-0.2, -0.15) is 0 Å². The van der Waals surface area contributed by atoms with E-state index in [9.17, 15) is 0 Å². The molecule has 0 aromatic carbocycles. The van der Waals surface area contributed by atoms with Gasteiger partial charge in [-0.1, -0.05) is 0 Å². The highest BCUT2D eigenvalue weighted by Gasteiger charge is 2.13. The van der Waals surface area contributed by atoms with Crippen LogP contribution in [-0.2, 0) is 0 Å². The van der Waals surface area contributed by atoms with Crippen LogP contribution in [0.25, 0.3) is 0 Å². The lowest BCUT2D eigenvalue weighted by atomic mass is 11.9. The average Bonchev–Trinajstić information content (AvgIpc) is 1.45. The van der Waals surface area contributed by atoms with Crippen LogP contribution in [0.2, 0.25) is 26.2 Å². The summed E-state index contributed by atoms with van der Waals surface area (Å²) in [4.78, 5) is 0. The van der Waals surface area contributed by atoms with Crippen LogP contribution in [0.4, 0.5) is 0 Å². The van der Waals surface area contributed by atoms with Crippen molar-refractivity contribution in [2.75, 3.05) is 0 Å². The maximum atomic E-state index is 5.43. The summed E-state index contributed by atoms with van der Waals surface area (Å²) >= 11 is 36.8. The molecule has 0 saturated carbocycles. The third-order valence-electron chi connectivity index (χ3n) is 0. The molecule has 14 heavy (non-hydrogen) atoms. The Labute approximate surface area is 123 Å². The normalized spacial score (nSPS) is 11.1. The molecule has 0 aliphatic heterocycles. The monoisotopic (exact) mass is 389 g/mol. The molecular formula is C4H12Cl7Si3. The Hall–Kier alpha value is 2.68. The van der Waals surface area contributed by atoms with Crippen LogP contribution in [0, 0.1) is 0 Å². The smallest absolute Gasteiger partial charge is 0.147 e. The molecule has 0 fully saturated rings. The predicted octanol–water partition coefficient (Wildman–Crippen LogP) is 6.02. The second-order valence-corrected chi connectivity index (χ2v) is 26.5. The van der Waals surface area contributed by atoms with Gasteiger partial charge in [0.05, 0.1) is 0 Å². The molecule has 89 valence electrons. The molecule has 1 radical (unpaired) electrons. The van der Waals surface area contributed by atoms with Crippen molar-refractivity contribution in [3.05, 3.63) is 0 Å². The van der Waals surface area contributed by atoms with E-state index in [0.29, 0.717) is 0 Å². The summed E-state index contributed by atoms with van der Waals surface area (Å²) in [5.74, 6) is 0. The van der Waals surface area contributed by atoms with Crippen molar-refractivity contribution in [1.82, 2.24) is 0 Å². The molecule has 0 N–H and O–H groups in total. The Bertz CT molecular complexity index is 90.3. The molecule has 0 aromatic heterocycles. The zero-order chi connectivity index (χ0) is 12.6. The van der Waals surface area contributed by atoms with Gasteiger partial charge in [0.1, 0.15) is 0 Å². The van der Waals surface area contributed by atoms with Gasteiger partial charge >= 0.3 is 6.00 Å². The Balaban J connectivity index is -0.000000131. The topological polar surface area (TPSA) is 0 Å². The third-order valence-corrected chi connectivity index (χ3v) is 0. The van der Waals surface area contributed by atoms with Crippen LogP contribution < -0.4 is 0 Å². The van der Waals surface area contributed by atoms with E-state index in [2.05, 4.69) is 0 Å². The molecule has 0 aliphatic rings. The van der Waals surface area contributed by atoms with E-state index in [4.69, 9.17) is 77.6 Å². The number of halogens is 7. The minimum atomic E-state index is -2.19. The van der Waals surface area contributed by atoms with Crippen LogP contribution in [0.1, 0.15) is 0 Å². The number of hydrogen-bond acceptors (Lipinski definition) is 0. The summed E-state index contributed by atoms with van der Waals surface area (Å²) in [5.41, 5.74) is 0. The Morgan fingerprint density at radius 2 is 0.786 bits per heavy atom. The van der Waals surface area contributed by atoms with Crippen molar-refractivity contribution >= 4 is 97.7 Å². The maximum absolute atomic E-state index is 5.43. The van der Waals surface area contributed by atoms with Gasteiger partial charge in [-0.3, -0.25) is 0 Å². The molecular weight excluding hydrogens is 380 g/mol. The highest BCUT2D eigenvalue weighted by Crippen LogP contribution is 2.17. The van der Waals surface area contributed by atoms with Crippen LogP contribution in [0.3, 0.4) is 0 Å². The van der Waals surface area contributed by atoms with Crippen LogP contribution in [-0.4, -0.2) is 20.1 Å². The van der Waals surface area contributed by atoms with Crippen molar-refractivity contribution in [3.63, 3.8) is 0 Å². The molecule has 10 heteroatoms. The third kappa shape index (κ3) is 382. The molecule has 0 amide bonds. The SMILES string of the molecule is C[Si](C)(Cl)Cl.C[Si](Cl)(Cl)Cl.C[Si](Cl)Cl. The largest absolute Gasteiger partial charge is 0.338 e. The lowest BCUT2D eigenvalue weighted by Gasteiger charge is -1.93. The van der Waals surface area contributed by atoms with Crippen molar-refractivity contribution in [3.8, 4) is 0 Å². The van der Waals surface area contributed by atoms with Crippen LogP contribution >= 0.6 is 77.6 Å².